The second kappa shape index (κ2) is 9.87. The van der Waals surface area contributed by atoms with Gasteiger partial charge in [-0.2, -0.15) is 0 Å². The first-order chi connectivity index (χ1) is 16.6. The zero-order valence-electron chi connectivity index (χ0n) is 19.7. The highest BCUT2D eigenvalue weighted by Crippen LogP contribution is 2.33. The molecule has 34 heavy (non-hydrogen) atoms. The smallest absolute Gasteiger partial charge is 0.256 e. The van der Waals surface area contributed by atoms with E-state index >= 15 is 0 Å². The van der Waals surface area contributed by atoms with Crippen LogP contribution in [-0.2, 0) is 11.2 Å². The normalized spacial score (nSPS) is 17.8. The van der Waals surface area contributed by atoms with E-state index in [9.17, 15) is 9.59 Å². The molecule has 0 radical (unpaired) electrons. The number of rotatable bonds is 5. The van der Waals surface area contributed by atoms with Gasteiger partial charge in [-0.3, -0.25) is 14.6 Å². The predicted molar refractivity (Wildman–Crippen MR) is 128 cm³/mol. The first kappa shape index (κ1) is 22.4. The number of fused-ring (bicyclic) bond motifs is 1. The third-order valence-electron chi connectivity index (χ3n) is 6.94. The van der Waals surface area contributed by atoms with Crippen LogP contribution in [0.15, 0.2) is 42.5 Å². The lowest BCUT2D eigenvalue weighted by Gasteiger charge is -2.33. The number of pyridine rings is 1. The fourth-order valence-corrected chi connectivity index (χ4v) is 4.97. The zero-order chi connectivity index (χ0) is 23.5. The number of ether oxygens (including phenoxy) is 2. The summed E-state index contributed by atoms with van der Waals surface area (Å²) in [5, 5.41) is 0. The van der Waals surface area contributed by atoms with E-state index in [1.165, 1.54) is 0 Å². The van der Waals surface area contributed by atoms with Gasteiger partial charge in [-0.15, -0.1) is 0 Å². The Bertz CT molecular complexity index is 1110. The number of hydrogen-bond acceptors (Lipinski definition) is 5. The predicted octanol–water partition coefficient (Wildman–Crippen LogP) is 3.86. The van der Waals surface area contributed by atoms with E-state index in [1.807, 2.05) is 47.1 Å². The summed E-state index contributed by atoms with van der Waals surface area (Å²) < 4.78 is 10.8. The number of aryl methyl sites for hydroxylation is 2. The molecule has 7 heteroatoms. The van der Waals surface area contributed by atoms with Gasteiger partial charge in [0.1, 0.15) is 0 Å². The Morgan fingerprint density at radius 1 is 1.00 bits per heavy atom. The average molecular weight is 462 g/mol. The minimum absolute atomic E-state index is 0.0640. The van der Waals surface area contributed by atoms with Gasteiger partial charge in [0, 0.05) is 44.2 Å². The number of carbonyl (C=O) groups is 2. The molecule has 2 aromatic rings. The third-order valence-corrected chi connectivity index (χ3v) is 6.94. The highest BCUT2D eigenvalue weighted by Gasteiger charge is 2.29. The van der Waals surface area contributed by atoms with Crippen LogP contribution in [0.2, 0.25) is 0 Å². The van der Waals surface area contributed by atoms with Crippen molar-refractivity contribution in [2.24, 2.45) is 0 Å². The molecule has 0 saturated carbocycles. The van der Waals surface area contributed by atoms with Crippen LogP contribution in [0.1, 0.15) is 58.9 Å². The Morgan fingerprint density at radius 3 is 2.62 bits per heavy atom. The van der Waals surface area contributed by atoms with Crippen LogP contribution in [0.25, 0.3) is 0 Å². The molecule has 0 bridgehead atoms. The number of aromatic nitrogens is 1. The largest absolute Gasteiger partial charge is 0.454 e. The first-order valence-corrected chi connectivity index (χ1v) is 12.2. The molecule has 7 nitrogen and oxygen atoms in total. The molecule has 3 aliphatic rings. The van der Waals surface area contributed by atoms with Crippen molar-refractivity contribution in [2.45, 2.75) is 44.9 Å². The Kier molecular flexibility index (Phi) is 6.52. The number of amides is 2. The highest BCUT2D eigenvalue weighted by molar-refractivity contribution is 5.95. The Balaban J connectivity index is 1.19. The van der Waals surface area contributed by atoms with Crippen molar-refractivity contribution in [2.75, 3.05) is 33.0 Å². The van der Waals surface area contributed by atoms with Gasteiger partial charge in [-0.05, 0) is 62.4 Å². The molecule has 1 aromatic carbocycles. The summed E-state index contributed by atoms with van der Waals surface area (Å²) >= 11 is 0. The molecule has 1 aromatic heterocycles. The molecule has 0 spiro atoms. The van der Waals surface area contributed by atoms with Crippen molar-refractivity contribution < 1.29 is 19.1 Å². The number of nitrogens with zero attached hydrogens (tertiary/aromatic N) is 3. The summed E-state index contributed by atoms with van der Waals surface area (Å²) in [7, 11) is 0. The summed E-state index contributed by atoms with van der Waals surface area (Å²) in [6, 6.07) is 9.71. The fraction of sp³-hybridized carbons (Fsp3) is 0.444. The first-order valence-electron chi connectivity index (χ1n) is 12.2. The number of piperidine rings is 1. The van der Waals surface area contributed by atoms with Crippen molar-refractivity contribution in [1.82, 2.24) is 14.8 Å². The van der Waals surface area contributed by atoms with E-state index in [0.717, 1.165) is 54.3 Å². The van der Waals surface area contributed by atoms with Crippen LogP contribution >= 0.6 is 0 Å². The lowest BCUT2D eigenvalue weighted by molar-refractivity contribution is -0.132. The van der Waals surface area contributed by atoms with Gasteiger partial charge in [-0.1, -0.05) is 18.2 Å². The van der Waals surface area contributed by atoms with Gasteiger partial charge in [0.05, 0.1) is 11.3 Å². The van der Waals surface area contributed by atoms with E-state index < -0.39 is 0 Å². The Hall–Kier alpha value is -3.35. The number of hydrogen-bond donors (Lipinski definition) is 0. The lowest BCUT2D eigenvalue weighted by atomic mass is 9.89. The van der Waals surface area contributed by atoms with Crippen molar-refractivity contribution in [1.29, 1.82) is 0 Å². The number of benzene rings is 1. The maximum atomic E-state index is 13.2. The highest BCUT2D eigenvalue weighted by atomic mass is 16.7. The minimum atomic E-state index is 0.0640. The van der Waals surface area contributed by atoms with E-state index in [4.69, 9.17) is 14.5 Å². The van der Waals surface area contributed by atoms with Crippen molar-refractivity contribution in [3.63, 3.8) is 0 Å². The lowest BCUT2D eigenvalue weighted by Crippen LogP contribution is -2.39. The molecule has 2 amide bonds. The minimum Gasteiger partial charge on any atom is -0.454 e. The molecular weight excluding hydrogens is 430 g/mol. The summed E-state index contributed by atoms with van der Waals surface area (Å²) in [5.74, 6) is 1.94. The van der Waals surface area contributed by atoms with Crippen LogP contribution in [0.3, 0.4) is 0 Å². The van der Waals surface area contributed by atoms with Gasteiger partial charge in [0.15, 0.2) is 11.5 Å². The zero-order valence-corrected chi connectivity index (χ0v) is 19.7. The Labute approximate surface area is 200 Å². The van der Waals surface area contributed by atoms with Crippen molar-refractivity contribution in [3.05, 3.63) is 65.0 Å². The van der Waals surface area contributed by atoms with Crippen LogP contribution in [0.5, 0.6) is 11.5 Å². The monoisotopic (exact) mass is 461 g/mol. The van der Waals surface area contributed by atoms with Gasteiger partial charge < -0.3 is 19.3 Å². The molecule has 1 fully saturated rings. The standard InChI is InChI=1S/C27H31N3O4/c1-19-5-8-22(27(32)30-13-3-2-4-14-30)26(28-19)21-11-15-29(16-12-21)25(31)10-7-20-6-9-23-24(17-20)34-18-33-23/h2-3,5-6,8-9,17,21H,4,7,10-16,18H2,1H3. The molecule has 0 aliphatic carbocycles. The maximum absolute atomic E-state index is 13.2. The quantitative estimate of drug-likeness (QED) is 0.633. The molecule has 178 valence electrons. The SMILES string of the molecule is Cc1ccc(C(=O)N2CC=CCC2)c(C2CCN(C(=O)CCc3ccc4c(c3)OCO4)CC2)n1. The molecule has 3 aliphatic heterocycles. The fourth-order valence-electron chi connectivity index (χ4n) is 4.97. The third kappa shape index (κ3) is 4.79. The molecule has 1 saturated heterocycles. The van der Waals surface area contributed by atoms with Crippen molar-refractivity contribution >= 4 is 11.8 Å². The maximum Gasteiger partial charge on any atom is 0.256 e. The second-order valence-electron chi connectivity index (χ2n) is 9.24. The van der Waals surface area contributed by atoms with E-state index in [-0.39, 0.29) is 24.5 Å². The molecule has 0 atom stereocenters. The molecular formula is C27H31N3O4. The summed E-state index contributed by atoms with van der Waals surface area (Å²) in [5.41, 5.74) is 3.61. The van der Waals surface area contributed by atoms with E-state index in [1.54, 1.807) is 0 Å². The van der Waals surface area contributed by atoms with Gasteiger partial charge in [0.25, 0.3) is 5.91 Å². The summed E-state index contributed by atoms with van der Waals surface area (Å²) in [4.78, 5) is 34.7. The number of likely N-dealkylation sites (tertiary alicyclic amines) is 1. The molecule has 4 heterocycles. The van der Waals surface area contributed by atoms with Gasteiger partial charge in [0.2, 0.25) is 12.7 Å². The van der Waals surface area contributed by atoms with Crippen LogP contribution < -0.4 is 9.47 Å². The van der Waals surface area contributed by atoms with Crippen LogP contribution in [0, 0.1) is 6.92 Å². The average Bonchev–Trinajstić information content (AvgIpc) is 3.35. The molecule has 5 rings (SSSR count). The second-order valence-corrected chi connectivity index (χ2v) is 9.24. The van der Waals surface area contributed by atoms with Crippen molar-refractivity contribution in [3.8, 4) is 11.5 Å². The van der Waals surface area contributed by atoms with Crippen LogP contribution in [0.4, 0.5) is 0 Å². The Morgan fingerprint density at radius 2 is 1.82 bits per heavy atom. The number of carbonyl (C=O) groups excluding carboxylic acids is 2. The topological polar surface area (TPSA) is 72.0 Å². The van der Waals surface area contributed by atoms with E-state index in [0.29, 0.717) is 38.0 Å². The molecule has 0 N–H and O–H groups in total. The van der Waals surface area contributed by atoms with E-state index in [2.05, 4.69) is 12.2 Å². The van der Waals surface area contributed by atoms with Gasteiger partial charge >= 0.3 is 0 Å². The summed E-state index contributed by atoms with van der Waals surface area (Å²) in [6.07, 6.45) is 7.87. The summed E-state index contributed by atoms with van der Waals surface area (Å²) in [6.45, 7) is 5.02. The van der Waals surface area contributed by atoms with Gasteiger partial charge in [-0.25, -0.2) is 0 Å². The van der Waals surface area contributed by atoms with Crippen LogP contribution in [-0.4, -0.2) is 59.6 Å². The molecule has 0 unspecified atom stereocenters.